The number of rotatable bonds is 6. The molecule has 1 atom stereocenters. The van der Waals surface area contributed by atoms with Gasteiger partial charge >= 0.3 is 0 Å². The van der Waals surface area contributed by atoms with E-state index in [9.17, 15) is 9.18 Å². The summed E-state index contributed by atoms with van der Waals surface area (Å²) in [5, 5.41) is 3.19. The van der Waals surface area contributed by atoms with Crippen LogP contribution >= 0.6 is 12.2 Å². The minimum Gasteiger partial charge on any atom is -0.370 e. The molecular weight excluding hydrogens is 359 g/mol. The highest BCUT2D eigenvalue weighted by atomic mass is 32.1. The molecule has 0 radical (unpaired) electrons. The molecule has 5 heteroatoms. The Morgan fingerprint density at radius 2 is 1.78 bits per heavy atom. The Morgan fingerprint density at radius 1 is 1.07 bits per heavy atom. The van der Waals surface area contributed by atoms with E-state index in [1.807, 2.05) is 61.8 Å². The summed E-state index contributed by atoms with van der Waals surface area (Å²) in [7, 11) is 0. The van der Waals surface area contributed by atoms with Gasteiger partial charge in [0.25, 0.3) is 6.04 Å². The van der Waals surface area contributed by atoms with Crippen LogP contribution in [0.15, 0.2) is 79.1 Å². The summed E-state index contributed by atoms with van der Waals surface area (Å²) in [6, 6.07) is 18.5. The number of Topliss-reactive ketones (excluding diaryl/α,β-unsaturated/α-hetero) is 1. The van der Waals surface area contributed by atoms with E-state index in [1.54, 1.807) is 4.57 Å². The minimum atomic E-state index is -0.700. The fraction of sp³-hybridized carbons (Fsp3) is 0.136. The van der Waals surface area contributed by atoms with Crippen molar-refractivity contribution in [3.63, 3.8) is 0 Å². The third-order valence-corrected chi connectivity index (χ3v) is 4.57. The Balaban J connectivity index is 1.88. The van der Waals surface area contributed by atoms with E-state index in [1.165, 1.54) is 24.3 Å². The van der Waals surface area contributed by atoms with Crippen molar-refractivity contribution in [2.24, 2.45) is 0 Å². The standard InChI is InChI=1S/C22H19FN2OS/c1-16-6-5-13-25(15-16)20(21(26)18-9-11-19(23)12-10-18)22(27)24-14-17-7-3-2-4-8-17/h2-13,15,20H,14H2,1H3/p+1/t20-/m0/s1. The van der Waals surface area contributed by atoms with Crippen LogP contribution in [-0.2, 0) is 6.54 Å². The highest BCUT2D eigenvalue weighted by Crippen LogP contribution is 2.13. The molecule has 136 valence electrons. The topological polar surface area (TPSA) is 33.0 Å². The van der Waals surface area contributed by atoms with Crippen molar-refractivity contribution in [3.8, 4) is 0 Å². The van der Waals surface area contributed by atoms with Crippen LogP contribution in [0.3, 0.4) is 0 Å². The number of hydrogen-bond donors (Lipinski definition) is 1. The Kier molecular flexibility index (Phi) is 6.04. The Bertz CT molecular complexity index is 942. The lowest BCUT2D eigenvalue weighted by atomic mass is 10.0. The lowest BCUT2D eigenvalue weighted by Crippen LogP contribution is -2.51. The third kappa shape index (κ3) is 4.83. The van der Waals surface area contributed by atoms with Crippen LogP contribution in [0.25, 0.3) is 0 Å². The first kappa shape index (κ1) is 18.9. The van der Waals surface area contributed by atoms with Gasteiger partial charge in [-0.1, -0.05) is 42.5 Å². The number of nitrogens with one attached hydrogen (secondary N) is 1. The number of ketones is 1. The smallest absolute Gasteiger partial charge is 0.270 e. The lowest BCUT2D eigenvalue weighted by molar-refractivity contribution is -0.692. The van der Waals surface area contributed by atoms with Crippen molar-refractivity contribution in [2.75, 3.05) is 0 Å². The van der Waals surface area contributed by atoms with Crippen LogP contribution in [0.5, 0.6) is 0 Å². The molecule has 0 unspecified atom stereocenters. The number of carbonyl (C=O) groups excluding carboxylic acids is 1. The van der Waals surface area contributed by atoms with Gasteiger partial charge in [0, 0.05) is 23.7 Å². The number of nitrogens with zero attached hydrogens (tertiary/aromatic N) is 1. The first-order valence-electron chi connectivity index (χ1n) is 8.63. The molecule has 0 saturated carbocycles. The molecule has 3 nitrogen and oxygen atoms in total. The monoisotopic (exact) mass is 379 g/mol. The van der Waals surface area contributed by atoms with Gasteiger partial charge < -0.3 is 5.32 Å². The van der Waals surface area contributed by atoms with E-state index in [-0.39, 0.29) is 11.6 Å². The minimum absolute atomic E-state index is 0.184. The summed E-state index contributed by atoms with van der Waals surface area (Å²) >= 11 is 5.58. The average Bonchev–Trinajstić information content (AvgIpc) is 2.68. The lowest BCUT2D eigenvalue weighted by Gasteiger charge is -2.15. The van der Waals surface area contributed by atoms with Gasteiger partial charge in [0.05, 0.1) is 0 Å². The van der Waals surface area contributed by atoms with E-state index in [0.717, 1.165) is 11.1 Å². The van der Waals surface area contributed by atoms with Gasteiger partial charge in [0.15, 0.2) is 17.4 Å². The molecule has 0 aliphatic carbocycles. The maximum absolute atomic E-state index is 13.2. The van der Waals surface area contributed by atoms with Crippen molar-refractivity contribution in [3.05, 3.63) is 102 Å². The van der Waals surface area contributed by atoms with Gasteiger partial charge in [-0.25, -0.2) is 4.39 Å². The van der Waals surface area contributed by atoms with Crippen LogP contribution in [0, 0.1) is 12.7 Å². The molecule has 0 saturated heterocycles. The third-order valence-electron chi connectivity index (χ3n) is 4.20. The second kappa shape index (κ2) is 8.64. The molecule has 3 rings (SSSR count). The van der Waals surface area contributed by atoms with Crippen LogP contribution in [-0.4, -0.2) is 10.8 Å². The van der Waals surface area contributed by atoms with E-state index in [4.69, 9.17) is 12.2 Å². The van der Waals surface area contributed by atoms with Gasteiger partial charge in [0.2, 0.25) is 5.78 Å². The second-order valence-corrected chi connectivity index (χ2v) is 6.75. The number of pyridine rings is 1. The van der Waals surface area contributed by atoms with Gasteiger partial charge in [0.1, 0.15) is 5.82 Å². The van der Waals surface area contributed by atoms with Crippen molar-refractivity contribution >= 4 is 23.0 Å². The Hall–Kier alpha value is -2.92. The van der Waals surface area contributed by atoms with Gasteiger partial charge in [-0.15, -0.1) is 0 Å². The van der Waals surface area contributed by atoms with Crippen molar-refractivity contribution in [1.29, 1.82) is 0 Å². The second-order valence-electron chi connectivity index (χ2n) is 6.31. The number of carbonyl (C=O) groups is 1. The molecule has 0 amide bonds. The van der Waals surface area contributed by atoms with E-state index < -0.39 is 6.04 Å². The van der Waals surface area contributed by atoms with Gasteiger partial charge in [-0.3, -0.25) is 4.79 Å². The number of aromatic nitrogens is 1. The first-order valence-corrected chi connectivity index (χ1v) is 9.04. The van der Waals surface area contributed by atoms with Gasteiger partial charge in [-0.05, 0) is 42.8 Å². The molecule has 3 aromatic rings. The summed E-state index contributed by atoms with van der Waals surface area (Å²) in [4.78, 5) is 13.6. The molecule has 2 aromatic carbocycles. The number of halogens is 1. The van der Waals surface area contributed by atoms with Crippen LogP contribution in [0.4, 0.5) is 4.39 Å². The quantitative estimate of drug-likeness (QED) is 0.400. The molecular formula is C22H20FN2OS+. The van der Waals surface area contributed by atoms with E-state index in [0.29, 0.717) is 17.1 Å². The summed E-state index contributed by atoms with van der Waals surface area (Å²) in [6.07, 6.45) is 3.69. The zero-order valence-corrected chi connectivity index (χ0v) is 15.7. The number of hydrogen-bond acceptors (Lipinski definition) is 2. The summed E-state index contributed by atoms with van der Waals surface area (Å²) < 4.78 is 15.0. The number of thiocarbonyl (C=S) groups is 1. The average molecular weight is 379 g/mol. The summed E-state index contributed by atoms with van der Waals surface area (Å²) in [5.74, 6) is -0.563. The zero-order valence-electron chi connectivity index (χ0n) is 14.9. The molecule has 27 heavy (non-hydrogen) atoms. The summed E-state index contributed by atoms with van der Waals surface area (Å²) in [5.41, 5.74) is 2.50. The highest BCUT2D eigenvalue weighted by molar-refractivity contribution is 7.80. The van der Waals surface area contributed by atoms with Crippen molar-refractivity contribution in [1.82, 2.24) is 5.32 Å². The fourth-order valence-electron chi connectivity index (χ4n) is 2.82. The number of benzene rings is 2. The number of aryl methyl sites for hydroxylation is 1. The normalized spacial score (nSPS) is 11.6. The molecule has 0 fully saturated rings. The molecule has 0 aliphatic heterocycles. The molecule has 1 N–H and O–H groups in total. The summed E-state index contributed by atoms with van der Waals surface area (Å²) in [6.45, 7) is 2.48. The van der Waals surface area contributed by atoms with Crippen molar-refractivity contribution in [2.45, 2.75) is 19.5 Å². The van der Waals surface area contributed by atoms with Gasteiger partial charge in [-0.2, -0.15) is 4.57 Å². The molecule has 1 heterocycles. The maximum Gasteiger partial charge on any atom is 0.270 e. The van der Waals surface area contributed by atoms with Crippen LogP contribution < -0.4 is 9.88 Å². The molecule has 0 spiro atoms. The Morgan fingerprint density at radius 3 is 2.44 bits per heavy atom. The SMILES string of the molecule is Cc1ccc[n+]([C@@H](C(=O)c2ccc(F)cc2)C(=S)NCc2ccccc2)c1. The predicted octanol–water partition coefficient (Wildman–Crippen LogP) is 3.96. The van der Waals surface area contributed by atoms with Crippen molar-refractivity contribution < 1.29 is 13.8 Å². The van der Waals surface area contributed by atoms with E-state index >= 15 is 0 Å². The Labute approximate surface area is 163 Å². The largest absolute Gasteiger partial charge is 0.370 e. The molecule has 0 aliphatic rings. The van der Waals surface area contributed by atoms with Crippen LogP contribution in [0.2, 0.25) is 0 Å². The first-order chi connectivity index (χ1) is 13.0. The zero-order chi connectivity index (χ0) is 19.2. The fourth-order valence-corrected chi connectivity index (χ4v) is 3.12. The van der Waals surface area contributed by atoms with E-state index in [2.05, 4.69) is 5.32 Å². The molecule has 1 aromatic heterocycles. The molecule has 0 bridgehead atoms. The van der Waals surface area contributed by atoms with Crippen LogP contribution in [0.1, 0.15) is 27.5 Å². The predicted molar refractivity (Wildman–Crippen MR) is 107 cm³/mol. The highest BCUT2D eigenvalue weighted by Gasteiger charge is 2.33. The maximum atomic E-state index is 13.2.